The van der Waals surface area contributed by atoms with Gasteiger partial charge >= 0.3 is 6.18 Å². The Kier molecular flexibility index (Phi) is 5.12. The zero-order chi connectivity index (χ0) is 18.1. The lowest BCUT2D eigenvalue weighted by Gasteiger charge is -2.07. The lowest BCUT2D eigenvalue weighted by molar-refractivity contribution is -0.142. The molecular weight excluding hydrogens is 391 g/mol. The second-order valence-corrected chi connectivity index (χ2v) is 5.88. The first-order valence-corrected chi connectivity index (χ1v) is 7.60. The van der Waals surface area contributed by atoms with Gasteiger partial charge in [0, 0.05) is 11.3 Å². The summed E-state index contributed by atoms with van der Waals surface area (Å²) in [5.41, 5.74) is 0.0580. The van der Waals surface area contributed by atoms with Crippen LogP contribution in [0.2, 0.25) is 0 Å². The number of Topliss-reactive ketones (excluding diaryl/α,β-unsaturated/α-hetero) is 1. The lowest BCUT2D eigenvalue weighted by Crippen LogP contribution is -2.20. The first kappa shape index (κ1) is 18.2. The number of hydrogen-bond acceptors (Lipinski definition) is 3. The Labute approximate surface area is 144 Å². The standard InChI is InChI=1S/C15H13BrF3N3O2/c1-8-13(16)14(15(17,18)19)21-22(8)7-12(24)20-11-5-3-10(4-6-11)9(2)23/h3-6H,7H2,1-2H3,(H,20,24). The molecule has 1 amide bonds. The smallest absolute Gasteiger partial charge is 0.324 e. The van der Waals surface area contributed by atoms with Crippen LogP contribution in [0.15, 0.2) is 28.7 Å². The Hall–Kier alpha value is -2.16. The van der Waals surface area contributed by atoms with Gasteiger partial charge < -0.3 is 5.32 Å². The average Bonchev–Trinajstić information content (AvgIpc) is 2.76. The molecule has 128 valence electrons. The summed E-state index contributed by atoms with van der Waals surface area (Å²) in [6.45, 7) is 2.49. The van der Waals surface area contributed by atoms with E-state index in [1.807, 2.05) is 0 Å². The first-order chi connectivity index (χ1) is 11.1. The number of hydrogen-bond donors (Lipinski definition) is 1. The molecule has 0 fully saturated rings. The highest BCUT2D eigenvalue weighted by atomic mass is 79.9. The third kappa shape index (κ3) is 4.02. The number of halogens is 4. The van der Waals surface area contributed by atoms with Crippen LogP contribution >= 0.6 is 15.9 Å². The second kappa shape index (κ2) is 6.76. The molecule has 5 nitrogen and oxygen atoms in total. The van der Waals surface area contributed by atoms with Crippen molar-refractivity contribution in [1.82, 2.24) is 9.78 Å². The van der Waals surface area contributed by atoms with Crippen molar-refractivity contribution >= 4 is 33.3 Å². The molecule has 0 radical (unpaired) electrons. The molecule has 2 rings (SSSR count). The number of alkyl halides is 3. The summed E-state index contributed by atoms with van der Waals surface area (Å²) in [5, 5.41) is 5.98. The van der Waals surface area contributed by atoms with E-state index in [2.05, 4.69) is 26.3 Å². The van der Waals surface area contributed by atoms with E-state index in [1.165, 1.54) is 13.8 Å². The van der Waals surface area contributed by atoms with E-state index < -0.39 is 17.8 Å². The summed E-state index contributed by atoms with van der Waals surface area (Å²) in [4.78, 5) is 23.2. The molecule has 0 aliphatic heterocycles. The Morgan fingerprint density at radius 3 is 2.29 bits per heavy atom. The number of nitrogens with one attached hydrogen (secondary N) is 1. The van der Waals surface area contributed by atoms with Crippen molar-refractivity contribution in [1.29, 1.82) is 0 Å². The zero-order valence-electron chi connectivity index (χ0n) is 12.7. The number of rotatable bonds is 4. The van der Waals surface area contributed by atoms with Crippen LogP contribution < -0.4 is 5.32 Å². The number of amides is 1. The summed E-state index contributed by atoms with van der Waals surface area (Å²) in [6.07, 6.45) is -4.60. The van der Waals surface area contributed by atoms with Crippen molar-refractivity contribution in [3.05, 3.63) is 45.7 Å². The highest BCUT2D eigenvalue weighted by molar-refractivity contribution is 9.10. The van der Waals surface area contributed by atoms with Crippen LogP contribution in [0.25, 0.3) is 0 Å². The van der Waals surface area contributed by atoms with Gasteiger partial charge in [-0.05, 0) is 54.0 Å². The van der Waals surface area contributed by atoms with Crippen molar-refractivity contribution in [3.63, 3.8) is 0 Å². The van der Waals surface area contributed by atoms with Gasteiger partial charge in [-0.15, -0.1) is 0 Å². The van der Waals surface area contributed by atoms with Crippen LogP contribution in [0.4, 0.5) is 18.9 Å². The Morgan fingerprint density at radius 2 is 1.83 bits per heavy atom. The lowest BCUT2D eigenvalue weighted by atomic mass is 10.1. The number of nitrogens with zero attached hydrogens (tertiary/aromatic N) is 2. The molecule has 0 saturated carbocycles. The molecular formula is C15H13BrF3N3O2. The van der Waals surface area contributed by atoms with Crippen molar-refractivity contribution < 1.29 is 22.8 Å². The predicted octanol–water partition coefficient (Wildman–Crippen LogP) is 3.81. The fourth-order valence-electron chi connectivity index (χ4n) is 1.98. The highest BCUT2D eigenvalue weighted by Crippen LogP contribution is 2.35. The Morgan fingerprint density at radius 1 is 1.25 bits per heavy atom. The van der Waals surface area contributed by atoms with Crippen LogP contribution in [0.3, 0.4) is 0 Å². The van der Waals surface area contributed by atoms with Gasteiger partial charge in [0.1, 0.15) is 6.54 Å². The largest absolute Gasteiger partial charge is 0.436 e. The number of aromatic nitrogens is 2. The summed E-state index contributed by atoms with van der Waals surface area (Å²) < 4.78 is 39.2. The third-order valence-electron chi connectivity index (χ3n) is 3.27. The van der Waals surface area contributed by atoms with Crippen LogP contribution in [0.5, 0.6) is 0 Å². The summed E-state index contributed by atoms with van der Waals surface area (Å²) >= 11 is 2.85. The van der Waals surface area contributed by atoms with Gasteiger partial charge in [0.25, 0.3) is 0 Å². The molecule has 1 heterocycles. The zero-order valence-corrected chi connectivity index (χ0v) is 14.3. The quantitative estimate of drug-likeness (QED) is 0.789. The predicted molar refractivity (Wildman–Crippen MR) is 84.7 cm³/mol. The molecule has 0 aliphatic rings. The summed E-state index contributed by atoms with van der Waals surface area (Å²) in [5.74, 6) is -0.637. The maximum atomic E-state index is 12.8. The maximum Gasteiger partial charge on any atom is 0.436 e. The average molecular weight is 404 g/mol. The van der Waals surface area contributed by atoms with Gasteiger partial charge in [0.2, 0.25) is 5.91 Å². The molecule has 0 spiro atoms. The monoisotopic (exact) mass is 403 g/mol. The number of benzene rings is 1. The minimum atomic E-state index is -4.60. The molecule has 1 aromatic heterocycles. The van der Waals surface area contributed by atoms with Crippen molar-refractivity contribution in [2.24, 2.45) is 0 Å². The second-order valence-electron chi connectivity index (χ2n) is 5.09. The highest BCUT2D eigenvalue weighted by Gasteiger charge is 2.38. The van der Waals surface area contributed by atoms with Crippen LogP contribution in [-0.4, -0.2) is 21.5 Å². The summed E-state index contributed by atoms with van der Waals surface area (Å²) in [6, 6.07) is 6.19. The van der Waals surface area contributed by atoms with Crippen LogP contribution in [-0.2, 0) is 17.5 Å². The van der Waals surface area contributed by atoms with Crippen molar-refractivity contribution in [2.45, 2.75) is 26.6 Å². The molecule has 2 aromatic rings. The molecule has 24 heavy (non-hydrogen) atoms. The van der Waals surface area contributed by atoms with Gasteiger partial charge in [-0.25, -0.2) is 0 Å². The van der Waals surface area contributed by atoms with E-state index >= 15 is 0 Å². The van der Waals surface area contributed by atoms with Gasteiger partial charge in [-0.1, -0.05) is 0 Å². The maximum absolute atomic E-state index is 12.8. The van der Waals surface area contributed by atoms with Crippen molar-refractivity contribution in [3.8, 4) is 0 Å². The molecule has 0 atom stereocenters. The molecule has 0 bridgehead atoms. The minimum absolute atomic E-state index is 0.107. The summed E-state index contributed by atoms with van der Waals surface area (Å²) in [7, 11) is 0. The van der Waals surface area contributed by atoms with E-state index in [0.717, 1.165) is 4.68 Å². The van der Waals surface area contributed by atoms with Crippen LogP contribution in [0, 0.1) is 6.92 Å². The van der Waals surface area contributed by atoms with Crippen LogP contribution in [0.1, 0.15) is 28.7 Å². The van der Waals surface area contributed by atoms with E-state index in [9.17, 15) is 22.8 Å². The SMILES string of the molecule is CC(=O)c1ccc(NC(=O)Cn2nc(C(F)(F)F)c(Br)c2C)cc1. The fraction of sp³-hybridized carbons (Fsp3) is 0.267. The minimum Gasteiger partial charge on any atom is -0.324 e. The van der Waals surface area contributed by atoms with Gasteiger partial charge in [0.15, 0.2) is 11.5 Å². The van der Waals surface area contributed by atoms with Gasteiger partial charge in [-0.2, -0.15) is 18.3 Å². The molecule has 0 saturated heterocycles. The molecule has 9 heteroatoms. The number of anilines is 1. The van der Waals surface area contributed by atoms with E-state index in [1.54, 1.807) is 24.3 Å². The van der Waals surface area contributed by atoms with E-state index in [-0.39, 0.29) is 22.5 Å². The van der Waals surface area contributed by atoms with E-state index in [4.69, 9.17) is 0 Å². The first-order valence-electron chi connectivity index (χ1n) is 6.80. The van der Waals surface area contributed by atoms with Gasteiger partial charge in [-0.3, -0.25) is 14.3 Å². The van der Waals surface area contributed by atoms with Crippen molar-refractivity contribution in [2.75, 3.05) is 5.32 Å². The Balaban J connectivity index is 2.11. The Bertz CT molecular complexity index is 782. The topological polar surface area (TPSA) is 64.0 Å². The molecule has 0 aliphatic carbocycles. The third-order valence-corrected chi connectivity index (χ3v) is 4.22. The van der Waals surface area contributed by atoms with E-state index in [0.29, 0.717) is 11.3 Å². The fourth-order valence-corrected chi connectivity index (χ4v) is 2.49. The molecule has 1 aromatic carbocycles. The molecule has 0 unspecified atom stereocenters. The number of ketones is 1. The molecule has 1 N–H and O–H groups in total. The van der Waals surface area contributed by atoms with Gasteiger partial charge in [0.05, 0.1) is 10.2 Å². The number of carbonyl (C=O) groups is 2. The normalized spacial score (nSPS) is 11.4. The number of carbonyl (C=O) groups excluding carboxylic acids is 2.